The molecule has 0 saturated carbocycles. The van der Waals surface area contributed by atoms with Crippen molar-refractivity contribution >= 4 is 35.0 Å². The van der Waals surface area contributed by atoms with E-state index in [1.165, 1.54) is 18.1 Å². The molecule has 0 aliphatic heterocycles. The minimum atomic E-state index is -0.146. The van der Waals surface area contributed by atoms with Gasteiger partial charge in [-0.05, 0) is 44.5 Å². The summed E-state index contributed by atoms with van der Waals surface area (Å²) in [7, 11) is 0. The molecule has 134 valence electrons. The van der Waals surface area contributed by atoms with Gasteiger partial charge in [-0.3, -0.25) is 4.79 Å². The van der Waals surface area contributed by atoms with Gasteiger partial charge >= 0.3 is 0 Å². The van der Waals surface area contributed by atoms with Crippen LogP contribution in [0.15, 0.2) is 41.7 Å². The highest BCUT2D eigenvalue weighted by atomic mass is 35.5. The maximum atomic E-state index is 12.2. The first-order chi connectivity index (χ1) is 12.4. The number of aryl methyl sites for hydroxylation is 3. The average molecular weight is 388 g/mol. The van der Waals surface area contributed by atoms with E-state index in [1.807, 2.05) is 45.0 Å². The molecule has 0 unspecified atom stereocenters. The lowest BCUT2D eigenvalue weighted by molar-refractivity contribution is -0.113. The Labute approximate surface area is 161 Å². The van der Waals surface area contributed by atoms with E-state index in [0.717, 1.165) is 17.0 Å². The van der Waals surface area contributed by atoms with Gasteiger partial charge in [0, 0.05) is 11.8 Å². The van der Waals surface area contributed by atoms with Crippen LogP contribution in [0.5, 0.6) is 0 Å². The summed E-state index contributed by atoms with van der Waals surface area (Å²) < 4.78 is 1.76. The molecule has 6 nitrogen and oxygen atoms in total. The zero-order valence-corrected chi connectivity index (χ0v) is 16.2. The second-order valence-corrected chi connectivity index (χ2v) is 7.28. The summed E-state index contributed by atoms with van der Waals surface area (Å²) in [4.78, 5) is 20.7. The zero-order chi connectivity index (χ0) is 18.7. The molecule has 1 aromatic carbocycles. The Morgan fingerprint density at radius 2 is 2.00 bits per heavy atom. The minimum Gasteiger partial charge on any atom is -0.324 e. The van der Waals surface area contributed by atoms with Crippen molar-refractivity contribution < 1.29 is 4.79 Å². The topological polar surface area (TPSA) is 72.7 Å². The molecule has 3 aromatic rings. The fourth-order valence-electron chi connectivity index (χ4n) is 2.43. The van der Waals surface area contributed by atoms with Gasteiger partial charge in [0.2, 0.25) is 5.91 Å². The van der Waals surface area contributed by atoms with Crippen LogP contribution in [0.1, 0.15) is 17.0 Å². The largest absolute Gasteiger partial charge is 0.324 e. The lowest BCUT2D eigenvalue weighted by atomic mass is 10.2. The normalized spacial score (nSPS) is 10.8. The van der Waals surface area contributed by atoms with Crippen LogP contribution in [0.2, 0.25) is 5.02 Å². The number of nitrogens with zero attached hydrogens (tertiary/aromatic N) is 4. The van der Waals surface area contributed by atoms with E-state index in [0.29, 0.717) is 21.6 Å². The smallest absolute Gasteiger partial charge is 0.234 e. The highest BCUT2D eigenvalue weighted by Gasteiger charge is 2.10. The molecule has 3 rings (SSSR count). The number of benzene rings is 1. The molecule has 0 fully saturated rings. The first-order valence-corrected chi connectivity index (χ1v) is 9.33. The van der Waals surface area contributed by atoms with Gasteiger partial charge in [-0.25, -0.2) is 14.6 Å². The van der Waals surface area contributed by atoms with Gasteiger partial charge < -0.3 is 5.32 Å². The number of nitrogens with one attached hydrogen (secondary N) is 1. The van der Waals surface area contributed by atoms with Gasteiger partial charge in [0.15, 0.2) is 5.82 Å². The van der Waals surface area contributed by atoms with Crippen molar-refractivity contribution in [1.29, 1.82) is 0 Å². The molecule has 0 aliphatic rings. The monoisotopic (exact) mass is 387 g/mol. The zero-order valence-electron chi connectivity index (χ0n) is 14.7. The van der Waals surface area contributed by atoms with Crippen LogP contribution in [-0.2, 0) is 4.79 Å². The van der Waals surface area contributed by atoms with Crippen LogP contribution in [0.25, 0.3) is 5.82 Å². The lowest BCUT2D eigenvalue weighted by Crippen LogP contribution is -2.14. The molecule has 1 amide bonds. The van der Waals surface area contributed by atoms with Gasteiger partial charge in [-0.2, -0.15) is 5.10 Å². The predicted octanol–water partition coefficient (Wildman–Crippen LogP) is 3.97. The molecule has 2 aromatic heterocycles. The van der Waals surface area contributed by atoms with E-state index in [-0.39, 0.29) is 11.7 Å². The van der Waals surface area contributed by atoms with Crippen LogP contribution in [0.4, 0.5) is 5.69 Å². The molecule has 8 heteroatoms. The van der Waals surface area contributed by atoms with E-state index in [4.69, 9.17) is 11.6 Å². The number of hydrogen-bond donors (Lipinski definition) is 1. The second kappa shape index (κ2) is 7.88. The van der Waals surface area contributed by atoms with Crippen LogP contribution in [0.3, 0.4) is 0 Å². The molecule has 1 N–H and O–H groups in total. The summed E-state index contributed by atoms with van der Waals surface area (Å²) in [6.45, 7) is 5.84. The summed E-state index contributed by atoms with van der Waals surface area (Å²) in [6, 6.07) is 9.31. The molecule has 2 heterocycles. The molecule has 0 radical (unpaired) electrons. The van der Waals surface area contributed by atoms with E-state index in [9.17, 15) is 4.79 Å². The van der Waals surface area contributed by atoms with Crippen molar-refractivity contribution in [2.24, 2.45) is 0 Å². The maximum absolute atomic E-state index is 12.2. The van der Waals surface area contributed by atoms with Crippen molar-refractivity contribution in [1.82, 2.24) is 19.7 Å². The number of thioether (sulfide) groups is 1. The quantitative estimate of drug-likeness (QED) is 0.529. The second-order valence-electron chi connectivity index (χ2n) is 5.87. The Kier molecular flexibility index (Phi) is 5.58. The minimum absolute atomic E-state index is 0.146. The Morgan fingerprint density at radius 3 is 2.69 bits per heavy atom. The van der Waals surface area contributed by atoms with E-state index in [2.05, 4.69) is 20.4 Å². The van der Waals surface area contributed by atoms with Crippen molar-refractivity contribution in [3.8, 4) is 5.82 Å². The average Bonchev–Trinajstić information content (AvgIpc) is 2.94. The van der Waals surface area contributed by atoms with Crippen molar-refractivity contribution in [3.05, 3.63) is 58.6 Å². The third-order valence-corrected chi connectivity index (χ3v) is 4.84. The molecular weight excluding hydrogens is 370 g/mol. The molecule has 0 saturated heterocycles. The van der Waals surface area contributed by atoms with Crippen LogP contribution < -0.4 is 5.32 Å². The first kappa shape index (κ1) is 18.4. The van der Waals surface area contributed by atoms with Gasteiger partial charge in [-0.1, -0.05) is 29.4 Å². The highest BCUT2D eigenvalue weighted by molar-refractivity contribution is 7.99. The summed E-state index contributed by atoms with van der Waals surface area (Å²) in [5.74, 6) is 0.750. The summed E-state index contributed by atoms with van der Waals surface area (Å²) >= 11 is 7.48. The van der Waals surface area contributed by atoms with E-state index < -0.39 is 0 Å². The highest BCUT2D eigenvalue weighted by Crippen LogP contribution is 2.24. The fraction of sp³-hybridized carbons (Fsp3) is 0.222. The van der Waals surface area contributed by atoms with Gasteiger partial charge in [0.05, 0.1) is 22.2 Å². The van der Waals surface area contributed by atoms with Crippen molar-refractivity contribution in [2.45, 2.75) is 25.8 Å². The number of anilines is 1. The SMILES string of the molecule is Cc1ccc(NC(=O)CSc2cc(-n3nc(C)cc3C)ncn2)c(Cl)c1. The lowest BCUT2D eigenvalue weighted by Gasteiger charge is -2.08. The molecule has 26 heavy (non-hydrogen) atoms. The molecule has 0 bridgehead atoms. The number of halogens is 1. The number of hydrogen-bond acceptors (Lipinski definition) is 5. The van der Waals surface area contributed by atoms with Crippen molar-refractivity contribution in [3.63, 3.8) is 0 Å². The van der Waals surface area contributed by atoms with Gasteiger partial charge in [-0.15, -0.1) is 0 Å². The molecular formula is C18H18ClN5OS. The Bertz CT molecular complexity index is 957. The van der Waals surface area contributed by atoms with Crippen LogP contribution in [-0.4, -0.2) is 31.4 Å². The standard InChI is InChI=1S/C18H18ClN5OS/c1-11-4-5-15(14(19)6-11)22-17(25)9-26-18-8-16(20-10-21-18)24-13(3)7-12(2)23-24/h4-8,10H,9H2,1-3H3,(H,22,25). The first-order valence-electron chi connectivity index (χ1n) is 7.97. The fourth-order valence-corrected chi connectivity index (χ4v) is 3.38. The van der Waals surface area contributed by atoms with Crippen LogP contribution in [0, 0.1) is 20.8 Å². The number of rotatable bonds is 5. The third kappa shape index (κ3) is 4.42. The Balaban J connectivity index is 1.65. The van der Waals surface area contributed by atoms with Crippen molar-refractivity contribution in [2.75, 3.05) is 11.1 Å². The number of carbonyl (C=O) groups excluding carboxylic acids is 1. The van der Waals surface area contributed by atoms with E-state index >= 15 is 0 Å². The van der Waals surface area contributed by atoms with Gasteiger partial charge in [0.25, 0.3) is 0 Å². The van der Waals surface area contributed by atoms with Crippen LogP contribution >= 0.6 is 23.4 Å². The summed E-state index contributed by atoms with van der Waals surface area (Å²) in [5, 5.41) is 8.45. The number of amides is 1. The number of carbonyl (C=O) groups is 1. The predicted molar refractivity (Wildman–Crippen MR) is 104 cm³/mol. The molecule has 0 atom stereocenters. The summed E-state index contributed by atoms with van der Waals surface area (Å²) in [5.41, 5.74) is 3.56. The third-order valence-electron chi connectivity index (χ3n) is 3.60. The van der Waals surface area contributed by atoms with Gasteiger partial charge in [0.1, 0.15) is 11.4 Å². The Morgan fingerprint density at radius 1 is 1.19 bits per heavy atom. The van der Waals surface area contributed by atoms with E-state index in [1.54, 1.807) is 10.7 Å². The Hall–Kier alpha value is -2.38. The molecule has 0 aliphatic carbocycles. The maximum Gasteiger partial charge on any atom is 0.234 e. The number of aromatic nitrogens is 4. The summed E-state index contributed by atoms with van der Waals surface area (Å²) in [6.07, 6.45) is 1.48. The molecule has 0 spiro atoms.